The summed E-state index contributed by atoms with van der Waals surface area (Å²) in [6.45, 7) is 6.74. The number of benzene rings is 2. The van der Waals surface area contributed by atoms with Crippen molar-refractivity contribution in [3.8, 4) is 11.1 Å². The van der Waals surface area contributed by atoms with Crippen molar-refractivity contribution in [1.29, 1.82) is 0 Å². The van der Waals surface area contributed by atoms with Gasteiger partial charge in [0.2, 0.25) is 11.8 Å². The number of carbonyl (C=O) groups is 2. The molecule has 2 aromatic carbocycles. The lowest BCUT2D eigenvalue weighted by molar-refractivity contribution is -0.133. The maximum Gasteiger partial charge on any atom is 0.246 e. The van der Waals surface area contributed by atoms with Crippen LogP contribution in [0.1, 0.15) is 5.56 Å². The predicted octanol–water partition coefficient (Wildman–Crippen LogP) is 3.66. The molecule has 0 spiro atoms. The quantitative estimate of drug-likeness (QED) is 0.458. The summed E-state index contributed by atoms with van der Waals surface area (Å²) in [5.74, 6) is -0.213. The van der Waals surface area contributed by atoms with Crippen molar-refractivity contribution in [3.05, 3.63) is 66.0 Å². The highest BCUT2D eigenvalue weighted by atomic mass is 35.5. The minimum Gasteiger partial charge on any atom is -0.348 e. The van der Waals surface area contributed by atoms with E-state index in [0.29, 0.717) is 18.1 Å². The minimum atomic E-state index is -0.114. The standard InChI is InChI=1S/C24H22ClN5O2/c1-3-23(32)30-10-16(11-30)27-22(31)13-29-12-19(17-8-15(25)5-7-21(17)29)24-14(2)4-6-20-18(24)9-26-28-20/h3-9,12,16H,1,10-11,13H2,2H3,(H,26,28)(H,27,31). The summed E-state index contributed by atoms with van der Waals surface area (Å²) in [4.78, 5) is 26.0. The van der Waals surface area contributed by atoms with Crippen LogP contribution in [0.3, 0.4) is 0 Å². The Hall–Kier alpha value is -3.58. The lowest BCUT2D eigenvalue weighted by Gasteiger charge is -2.38. The summed E-state index contributed by atoms with van der Waals surface area (Å²) < 4.78 is 1.94. The summed E-state index contributed by atoms with van der Waals surface area (Å²) >= 11 is 6.33. The number of nitrogens with one attached hydrogen (secondary N) is 2. The number of H-pyrrole nitrogens is 1. The van der Waals surface area contributed by atoms with E-state index in [9.17, 15) is 9.59 Å². The fraction of sp³-hybridized carbons (Fsp3) is 0.208. The number of likely N-dealkylation sites (tertiary alicyclic amines) is 1. The number of nitrogens with zero attached hydrogens (tertiary/aromatic N) is 3. The maximum atomic E-state index is 12.8. The molecule has 32 heavy (non-hydrogen) atoms. The van der Waals surface area contributed by atoms with Gasteiger partial charge in [-0.2, -0.15) is 5.10 Å². The lowest BCUT2D eigenvalue weighted by atomic mass is 9.97. The summed E-state index contributed by atoms with van der Waals surface area (Å²) in [5.41, 5.74) is 5.07. The molecule has 4 aromatic rings. The van der Waals surface area contributed by atoms with Crippen LogP contribution in [0.25, 0.3) is 32.9 Å². The van der Waals surface area contributed by atoms with Gasteiger partial charge in [-0.1, -0.05) is 24.2 Å². The minimum absolute atomic E-state index is 0.0379. The number of aryl methyl sites for hydroxylation is 1. The molecule has 1 aliphatic rings. The molecule has 0 bridgehead atoms. The smallest absolute Gasteiger partial charge is 0.246 e. The molecule has 1 saturated heterocycles. The molecule has 0 radical (unpaired) electrons. The van der Waals surface area contributed by atoms with Gasteiger partial charge in [-0.15, -0.1) is 0 Å². The van der Waals surface area contributed by atoms with Crippen LogP contribution in [0.15, 0.2) is 55.4 Å². The van der Waals surface area contributed by atoms with E-state index in [0.717, 1.165) is 38.5 Å². The molecule has 5 rings (SSSR count). The van der Waals surface area contributed by atoms with E-state index in [4.69, 9.17) is 11.6 Å². The van der Waals surface area contributed by atoms with Gasteiger partial charge in [0.05, 0.1) is 17.8 Å². The number of carbonyl (C=O) groups excluding carboxylic acids is 2. The fourth-order valence-corrected chi connectivity index (χ4v) is 4.56. The van der Waals surface area contributed by atoms with Crippen LogP contribution in [0.4, 0.5) is 0 Å². The van der Waals surface area contributed by atoms with Crippen molar-refractivity contribution in [2.24, 2.45) is 0 Å². The third-order valence-corrected chi connectivity index (χ3v) is 6.23. The number of hydrogen-bond acceptors (Lipinski definition) is 3. The fourth-order valence-electron chi connectivity index (χ4n) is 4.39. The first-order chi connectivity index (χ1) is 15.4. The molecule has 1 fully saturated rings. The highest BCUT2D eigenvalue weighted by Gasteiger charge is 2.30. The van der Waals surface area contributed by atoms with Crippen LogP contribution >= 0.6 is 11.6 Å². The van der Waals surface area contributed by atoms with Gasteiger partial charge in [-0.05, 0) is 48.4 Å². The SMILES string of the molecule is C=CC(=O)N1CC(NC(=O)Cn2cc(-c3c(C)ccc4[nH]ncc34)c3cc(Cl)ccc32)C1. The van der Waals surface area contributed by atoms with Crippen LogP contribution < -0.4 is 5.32 Å². The number of aromatic amines is 1. The molecule has 8 heteroatoms. The Kier molecular flexibility index (Phi) is 4.98. The predicted molar refractivity (Wildman–Crippen MR) is 125 cm³/mol. The highest BCUT2D eigenvalue weighted by Crippen LogP contribution is 2.38. The van der Waals surface area contributed by atoms with E-state index in [2.05, 4.69) is 35.1 Å². The first-order valence-corrected chi connectivity index (χ1v) is 10.7. The number of rotatable bonds is 5. The van der Waals surface area contributed by atoms with E-state index in [-0.39, 0.29) is 24.4 Å². The van der Waals surface area contributed by atoms with Crippen LogP contribution in [-0.2, 0) is 16.1 Å². The summed E-state index contributed by atoms with van der Waals surface area (Å²) in [7, 11) is 0. The Labute approximate surface area is 189 Å². The van der Waals surface area contributed by atoms with Crippen molar-refractivity contribution < 1.29 is 9.59 Å². The molecule has 2 amide bonds. The molecule has 162 valence electrons. The van der Waals surface area contributed by atoms with Gasteiger partial charge < -0.3 is 14.8 Å². The Bertz CT molecular complexity index is 1380. The first-order valence-electron chi connectivity index (χ1n) is 10.4. The lowest BCUT2D eigenvalue weighted by Crippen LogP contribution is -2.61. The van der Waals surface area contributed by atoms with E-state index < -0.39 is 0 Å². The molecule has 2 N–H and O–H groups in total. The third kappa shape index (κ3) is 3.44. The van der Waals surface area contributed by atoms with Crippen LogP contribution in [0.5, 0.6) is 0 Å². The molecule has 0 unspecified atom stereocenters. The summed E-state index contributed by atoms with van der Waals surface area (Å²) in [6.07, 6.45) is 5.12. The van der Waals surface area contributed by atoms with Gasteiger partial charge >= 0.3 is 0 Å². The number of halogens is 1. The van der Waals surface area contributed by atoms with Crippen LogP contribution in [0, 0.1) is 6.92 Å². The van der Waals surface area contributed by atoms with Crippen molar-refractivity contribution in [1.82, 2.24) is 25.0 Å². The van der Waals surface area contributed by atoms with Gasteiger partial charge in [-0.3, -0.25) is 14.7 Å². The molecule has 3 heterocycles. The molecule has 1 aliphatic heterocycles. The van der Waals surface area contributed by atoms with Gasteiger partial charge in [-0.25, -0.2) is 0 Å². The monoisotopic (exact) mass is 447 g/mol. The summed E-state index contributed by atoms with van der Waals surface area (Å²) in [6, 6.07) is 9.74. The Morgan fingerprint density at radius 1 is 1.28 bits per heavy atom. The van der Waals surface area contributed by atoms with E-state index in [1.807, 2.05) is 41.2 Å². The van der Waals surface area contributed by atoms with Crippen LogP contribution in [0.2, 0.25) is 5.02 Å². The zero-order chi connectivity index (χ0) is 22.4. The van der Waals surface area contributed by atoms with Gasteiger partial charge in [0, 0.05) is 46.2 Å². The molecule has 0 saturated carbocycles. The number of amides is 2. The highest BCUT2D eigenvalue weighted by molar-refractivity contribution is 6.31. The van der Waals surface area contributed by atoms with Crippen LogP contribution in [-0.4, -0.2) is 50.6 Å². The molecular formula is C24H22ClN5O2. The van der Waals surface area contributed by atoms with E-state index in [1.54, 1.807) is 4.90 Å². The summed E-state index contributed by atoms with van der Waals surface area (Å²) in [5, 5.41) is 12.9. The zero-order valence-corrected chi connectivity index (χ0v) is 18.3. The molecule has 0 aliphatic carbocycles. The normalized spacial score (nSPS) is 14.0. The molecule has 0 atom stereocenters. The number of hydrogen-bond donors (Lipinski definition) is 2. The van der Waals surface area contributed by atoms with Gasteiger partial charge in [0.1, 0.15) is 6.54 Å². The topological polar surface area (TPSA) is 83.0 Å². The van der Waals surface area contributed by atoms with Crippen molar-refractivity contribution >= 4 is 45.2 Å². The number of aromatic nitrogens is 3. The average molecular weight is 448 g/mol. The molecular weight excluding hydrogens is 426 g/mol. The zero-order valence-electron chi connectivity index (χ0n) is 17.6. The third-order valence-electron chi connectivity index (χ3n) is 5.99. The van der Waals surface area contributed by atoms with Gasteiger partial charge in [0.15, 0.2) is 0 Å². The van der Waals surface area contributed by atoms with E-state index in [1.165, 1.54) is 6.08 Å². The van der Waals surface area contributed by atoms with Crippen molar-refractivity contribution in [2.75, 3.05) is 13.1 Å². The second kappa shape index (κ2) is 7.84. The molecule has 2 aromatic heterocycles. The second-order valence-corrected chi connectivity index (χ2v) is 8.57. The van der Waals surface area contributed by atoms with E-state index >= 15 is 0 Å². The van der Waals surface area contributed by atoms with Crippen molar-refractivity contribution in [3.63, 3.8) is 0 Å². The second-order valence-electron chi connectivity index (χ2n) is 8.13. The van der Waals surface area contributed by atoms with Crippen molar-refractivity contribution in [2.45, 2.75) is 19.5 Å². The molecule has 7 nitrogen and oxygen atoms in total. The Morgan fingerprint density at radius 2 is 2.09 bits per heavy atom. The first kappa shape index (κ1) is 20.3. The Morgan fingerprint density at radius 3 is 2.88 bits per heavy atom. The maximum absolute atomic E-state index is 12.8. The Balaban J connectivity index is 1.47. The largest absolute Gasteiger partial charge is 0.348 e. The average Bonchev–Trinajstić information content (AvgIpc) is 3.34. The number of fused-ring (bicyclic) bond motifs is 2. The van der Waals surface area contributed by atoms with Gasteiger partial charge in [0.25, 0.3) is 0 Å².